The quantitative estimate of drug-likeness (QED) is 0.826. The molecule has 17 heavy (non-hydrogen) atoms. The summed E-state index contributed by atoms with van der Waals surface area (Å²) in [7, 11) is 0. The van der Waals surface area contributed by atoms with Gasteiger partial charge in [0, 0.05) is 25.0 Å². The SMILES string of the molecule is CCc1nccn1-c1ncc(C(=O)O)cc1N. The number of nitrogens with zero attached hydrogens (tertiary/aromatic N) is 3. The van der Waals surface area contributed by atoms with Crippen LogP contribution in [-0.2, 0) is 6.42 Å². The van der Waals surface area contributed by atoms with Crippen LogP contribution in [0.2, 0.25) is 0 Å². The molecule has 2 heterocycles. The Morgan fingerprint density at radius 2 is 2.29 bits per heavy atom. The average Bonchev–Trinajstić information content (AvgIpc) is 2.76. The van der Waals surface area contributed by atoms with Gasteiger partial charge in [0.2, 0.25) is 0 Å². The fourth-order valence-corrected chi connectivity index (χ4v) is 1.58. The molecule has 0 aliphatic rings. The van der Waals surface area contributed by atoms with E-state index in [1.165, 1.54) is 12.3 Å². The molecule has 2 rings (SSSR count). The molecule has 0 amide bonds. The van der Waals surface area contributed by atoms with Crippen molar-refractivity contribution in [3.63, 3.8) is 0 Å². The van der Waals surface area contributed by atoms with E-state index >= 15 is 0 Å². The van der Waals surface area contributed by atoms with E-state index in [1.807, 2.05) is 6.92 Å². The molecule has 0 unspecified atom stereocenters. The summed E-state index contributed by atoms with van der Waals surface area (Å²) in [4.78, 5) is 19.0. The number of nitrogens with two attached hydrogens (primary N) is 1. The van der Waals surface area contributed by atoms with E-state index in [0.717, 1.165) is 12.2 Å². The Morgan fingerprint density at radius 3 is 2.88 bits per heavy atom. The highest BCUT2D eigenvalue weighted by Crippen LogP contribution is 2.17. The molecule has 2 aromatic heterocycles. The average molecular weight is 232 g/mol. The van der Waals surface area contributed by atoms with Crippen LogP contribution in [0.3, 0.4) is 0 Å². The first-order valence-corrected chi connectivity index (χ1v) is 5.15. The molecule has 0 spiro atoms. The number of carboxylic acids is 1. The van der Waals surface area contributed by atoms with Crippen LogP contribution in [0.25, 0.3) is 5.82 Å². The zero-order chi connectivity index (χ0) is 12.4. The van der Waals surface area contributed by atoms with Crippen LogP contribution in [0.4, 0.5) is 5.69 Å². The van der Waals surface area contributed by atoms with Crippen molar-refractivity contribution in [2.75, 3.05) is 5.73 Å². The Hall–Kier alpha value is -2.37. The molecule has 0 saturated carbocycles. The van der Waals surface area contributed by atoms with E-state index in [-0.39, 0.29) is 5.56 Å². The van der Waals surface area contributed by atoms with E-state index < -0.39 is 5.97 Å². The lowest BCUT2D eigenvalue weighted by molar-refractivity contribution is 0.0696. The van der Waals surface area contributed by atoms with E-state index in [1.54, 1.807) is 17.0 Å². The van der Waals surface area contributed by atoms with Crippen molar-refractivity contribution in [1.82, 2.24) is 14.5 Å². The maximum absolute atomic E-state index is 10.8. The van der Waals surface area contributed by atoms with E-state index in [4.69, 9.17) is 10.8 Å². The molecule has 0 fully saturated rings. The summed E-state index contributed by atoms with van der Waals surface area (Å²) >= 11 is 0. The predicted molar refractivity (Wildman–Crippen MR) is 62.1 cm³/mol. The molecule has 0 aliphatic heterocycles. The number of hydrogen-bond acceptors (Lipinski definition) is 4. The summed E-state index contributed by atoms with van der Waals surface area (Å²) in [6.07, 6.45) is 5.44. The van der Waals surface area contributed by atoms with E-state index in [2.05, 4.69) is 9.97 Å². The number of pyridine rings is 1. The molecule has 3 N–H and O–H groups in total. The van der Waals surface area contributed by atoms with Gasteiger partial charge < -0.3 is 10.8 Å². The Labute approximate surface area is 97.7 Å². The lowest BCUT2D eigenvalue weighted by Gasteiger charge is -2.08. The van der Waals surface area contributed by atoms with E-state index in [0.29, 0.717) is 11.5 Å². The minimum Gasteiger partial charge on any atom is -0.478 e. The van der Waals surface area contributed by atoms with Crippen molar-refractivity contribution in [2.45, 2.75) is 13.3 Å². The monoisotopic (exact) mass is 232 g/mol. The molecule has 0 aliphatic carbocycles. The van der Waals surface area contributed by atoms with Crippen molar-refractivity contribution >= 4 is 11.7 Å². The molecule has 6 nitrogen and oxygen atoms in total. The maximum Gasteiger partial charge on any atom is 0.337 e. The van der Waals surface area contributed by atoms with Gasteiger partial charge in [0.15, 0.2) is 5.82 Å². The number of anilines is 1. The number of carboxylic acid groups (broad SMARTS) is 1. The van der Waals surface area contributed by atoms with Gasteiger partial charge in [0.25, 0.3) is 0 Å². The smallest absolute Gasteiger partial charge is 0.337 e. The minimum atomic E-state index is -1.04. The van der Waals surface area contributed by atoms with Crippen LogP contribution in [0.15, 0.2) is 24.7 Å². The number of nitrogen functional groups attached to an aromatic ring is 1. The second-order valence-corrected chi connectivity index (χ2v) is 3.51. The van der Waals surface area contributed by atoms with Crippen LogP contribution >= 0.6 is 0 Å². The van der Waals surface area contributed by atoms with Crippen LogP contribution in [0, 0.1) is 0 Å². The first-order valence-electron chi connectivity index (χ1n) is 5.15. The largest absolute Gasteiger partial charge is 0.478 e. The molecule has 0 radical (unpaired) electrons. The summed E-state index contributed by atoms with van der Waals surface area (Å²) in [5, 5.41) is 8.82. The Morgan fingerprint density at radius 1 is 1.53 bits per heavy atom. The highest BCUT2D eigenvalue weighted by atomic mass is 16.4. The molecular formula is C11H12N4O2. The first-order chi connectivity index (χ1) is 8.13. The third-order valence-electron chi connectivity index (χ3n) is 2.40. The Bertz CT molecular complexity index is 562. The fourth-order valence-electron chi connectivity index (χ4n) is 1.58. The zero-order valence-electron chi connectivity index (χ0n) is 9.29. The molecule has 0 saturated heterocycles. The molecule has 0 aromatic carbocycles. The van der Waals surface area contributed by atoms with Gasteiger partial charge in [-0.25, -0.2) is 14.8 Å². The molecule has 88 valence electrons. The third-order valence-corrected chi connectivity index (χ3v) is 2.40. The number of rotatable bonds is 3. The highest BCUT2D eigenvalue weighted by Gasteiger charge is 2.11. The minimum absolute atomic E-state index is 0.0735. The van der Waals surface area contributed by atoms with Gasteiger partial charge in [-0.2, -0.15) is 0 Å². The summed E-state index contributed by atoms with van der Waals surface area (Å²) < 4.78 is 1.75. The second kappa shape index (κ2) is 4.25. The van der Waals surface area contributed by atoms with E-state index in [9.17, 15) is 4.79 Å². The van der Waals surface area contributed by atoms with Gasteiger partial charge in [-0.1, -0.05) is 6.92 Å². The summed E-state index contributed by atoms with van der Waals surface area (Å²) in [5.74, 6) is 0.286. The lowest BCUT2D eigenvalue weighted by atomic mass is 10.2. The standard InChI is InChI=1S/C11H12N4O2/c1-2-9-13-3-4-15(9)10-8(12)5-7(6-14-10)11(16)17/h3-6H,2,12H2,1H3,(H,16,17). The third kappa shape index (κ3) is 1.96. The molecule has 0 bridgehead atoms. The van der Waals surface area contributed by atoms with Crippen LogP contribution in [0.5, 0.6) is 0 Å². The molecular weight excluding hydrogens is 220 g/mol. The molecule has 2 aromatic rings. The van der Waals surface area contributed by atoms with Crippen molar-refractivity contribution in [3.05, 3.63) is 36.0 Å². The first kappa shape index (κ1) is 11.1. The van der Waals surface area contributed by atoms with Crippen molar-refractivity contribution in [2.24, 2.45) is 0 Å². The van der Waals surface area contributed by atoms with Gasteiger partial charge in [-0.05, 0) is 6.07 Å². The normalized spacial score (nSPS) is 10.4. The lowest BCUT2D eigenvalue weighted by Crippen LogP contribution is -2.08. The van der Waals surface area contributed by atoms with Gasteiger partial charge in [0.1, 0.15) is 5.82 Å². The van der Waals surface area contributed by atoms with Crippen LogP contribution < -0.4 is 5.73 Å². The second-order valence-electron chi connectivity index (χ2n) is 3.51. The number of imidazole rings is 1. The number of carbonyl (C=O) groups is 1. The van der Waals surface area contributed by atoms with Gasteiger partial charge in [-0.3, -0.25) is 4.57 Å². The van der Waals surface area contributed by atoms with Crippen molar-refractivity contribution < 1.29 is 9.90 Å². The Kier molecular flexibility index (Phi) is 2.78. The topological polar surface area (TPSA) is 94.0 Å². The maximum atomic E-state index is 10.8. The molecule has 0 atom stereocenters. The van der Waals surface area contributed by atoms with Gasteiger partial charge >= 0.3 is 5.97 Å². The number of hydrogen-bond donors (Lipinski definition) is 2. The van der Waals surface area contributed by atoms with Crippen LogP contribution in [0.1, 0.15) is 23.1 Å². The number of aryl methyl sites for hydroxylation is 1. The van der Waals surface area contributed by atoms with Crippen molar-refractivity contribution in [1.29, 1.82) is 0 Å². The van der Waals surface area contributed by atoms with Crippen molar-refractivity contribution in [3.8, 4) is 5.82 Å². The Balaban J connectivity index is 2.50. The highest BCUT2D eigenvalue weighted by molar-refractivity contribution is 5.88. The predicted octanol–water partition coefficient (Wildman–Crippen LogP) is 1.11. The molecule has 6 heteroatoms. The zero-order valence-corrected chi connectivity index (χ0v) is 9.29. The summed E-state index contributed by atoms with van der Waals surface area (Å²) in [6, 6.07) is 1.39. The number of aromatic nitrogens is 3. The summed E-state index contributed by atoms with van der Waals surface area (Å²) in [6.45, 7) is 1.97. The summed E-state index contributed by atoms with van der Waals surface area (Å²) in [5.41, 5.74) is 6.19. The number of aromatic carboxylic acids is 1. The van der Waals surface area contributed by atoms with Gasteiger partial charge in [-0.15, -0.1) is 0 Å². The fraction of sp³-hybridized carbons (Fsp3) is 0.182. The van der Waals surface area contributed by atoms with Gasteiger partial charge in [0.05, 0.1) is 11.3 Å². The van der Waals surface area contributed by atoms with Crippen LogP contribution in [-0.4, -0.2) is 25.6 Å².